The van der Waals surface area contributed by atoms with Crippen LogP contribution in [0.5, 0.6) is 5.88 Å². The first-order valence-electron chi connectivity index (χ1n) is 8.44. The van der Waals surface area contributed by atoms with Gasteiger partial charge in [0, 0.05) is 25.5 Å². The Bertz CT molecular complexity index is 745. The van der Waals surface area contributed by atoms with E-state index in [-0.39, 0.29) is 18.0 Å². The lowest BCUT2D eigenvalue weighted by Crippen LogP contribution is -2.42. The van der Waals surface area contributed by atoms with Gasteiger partial charge >= 0.3 is 0 Å². The SMILES string of the molecule is COc1c(C2CCCN2C(C)C(=O)Nc2ncccn2)c(C)nn1C. The fourth-order valence-electron chi connectivity index (χ4n) is 3.57. The molecule has 0 saturated carbocycles. The van der Waals surface area contributed by atoms with Gasteiger partial charge in [-0.15, -0.1) is 0 Å². The number of likely N-dealkylation sites (tertiary alicyclic amines) is 1. The zero-order chi connectivity index (χ0) is 18.0. The highest BCUT2D eigenvalue weighted by molar-refractivity contribution is 5.93. The monoisotopic (exact) mass is 344 g/mol. The number of amides is 1. The smallest absolute Gasteiger partial charge is 0.243 e. The summed E-state index contributed by atoms with van der Waals surface area (Å²) >= 11 is 0. The second-order valence-electron chi connectivity index (χ2n) is 6.27. The van der Waals surface area contributed by atoms with E-state index in [0.29, 0.717) is 5.95 Å². The molecule has 0 aliphatic carbocycles. The number of rotatable bonds is 5. The molecule has 0 spiro atoms. The molecule has 3 rings (SSSR count). The van der Waals surface area contributed by atoms with Gasteiger partial charge in [-0.05, 0) is 39.3 Å². The third kappa shape index (κ3) is 3.34. The Kier molecular flexibility index (Phi) is 4.98. The van der Waals surface area contributed by atoms with Crippen LogP contribution >= 0.6 is 0 Å². The highest BCUT2D eigenvalue weighted by Gasteiger charge is 2.37. The topological polar surface area (TPSA) is 85.2 Å². The molecule has 3 heterocycles. The molecule has 2 aromatic rings. The molecule has 1 aliphatic rings. The van der Waals surface area contributed by atoms with Gasteiger partial charge in [0.15, 0.2) is 0 Å². The van der Waals surface area contributed by atoms with Crippen molar-refractivity contribution in [3.8, 4) is 5.88 Å². The summed E-state index contributed by atoms with van der Waals surface area (Å²) in [7, 11) is 3.53. The maximum Gasteiger partial charge on any atom is 0.243 e. The van der Waals surface area contributed by atoms with Crippen LogP contribution in [-0.2, 0) is 11.8 Å². The van der Waals surface area contributed by atoms with Gasteiger partial charge in [-0.2, -0.15) is 5.10 Å². The van der Waals surface area contributed by atoms with Crippen molar-refractivity contribution in [3.05, 3.63) is 29.7 Å². The second-order valence-corrected chi connectivity index (χ2v) is 6.27. The zero-order valence-electron chi connectivity index (χ0n) is 15.1. The van der Waals surface area contributed by atoms with Gasteiger partial charge in [-0.3, -0.25) is 15.0 Å². The van der Waals surface area contributed by atoms with E-state index in [4.69, 9.17) is 4.74 Å². The van der Waals surface area contributed by atoms with Crippen LogP contribution in [0.2, 0.25) is 0 Å². The van der Waals surface area contributed by atoms with Crippen LogP contribution in [0.15, 0.2) is 18.5 Å². The Morgan fingerprint density at radius 3 is 2.80 bits per heavy atom. The molecular weight excluding hydrogens is 320 g/mol. The number of carbonyl (C=O) groups excluding carboxylic acids is 1. The molecule has 1 aliphatic heterocycles. The molecule has 0 radical (unpaired) electrons. The predicted molar refractivity (Wildman–Crippen MR) is 93.3 cm³/mol. The summed E-state index contributed by atoms with van der Waals surface area (Å²) in [6, 6.07) is 1.52. The van der Waals surface area contributed by atoms with Crippen molar-refractivity contribution >= 4 is 11.9 Å². The van der Waals surface area contributed by atoms with Crippen LogP contribution in [0.4, 0.5) is 5.95 Å². The number of hydrogen-bond acceptors (Lipinski definition) is 6. The molecule has 1 saturated heterocycles. The summed E-state index contributed by atoms with van der Waals surface area (Å²) in [5.74, 6) is 0.970. The van der Waals surface area contributed by atoms with Crippen molar-refractivity contribution in [1.82, 2.24) is 24.6 Å². The Labute approximate surface area is 147 Å². The van der Waals surface area contributed by atoms with Gasteiger partial charge < -0.3 is 4.74 Å². The normalized spacial score (nSPS) is 19.0. The minimum Gasteiger partial charge on any atom is -0.481 e. The van der Waals surface area contributed by atoms with Crippen LogP contribution in [0.1, 0.15) is 37.1 Å². The lowest BCUT2D eigenvalue weighted by molar-refractivity contribution is -0.121. The first-order valence-corrected chi connectivity index (χ1v) is 8.44. The molecule has 2 aromatic heterocycles. The highest BCUT2D eigenvalue weighted by Crippen LogP contribution is 2.39. The number of hydrogen-bond donors (Lipinski definition) is 1. The average molecular weight is 344 g/mol. The Balaban J connectivity index is 1.80. The standard InChI is InChI=1S/C17H24N6O2/c1-11-14(16(25-4)22(3)21-11)13-7-5-10-23(13)12(2)15(24)20-17-18-8-6-9-19-17/h6,8-9,12-13H,5,7,10H2,1-4H3,(H,18,19,20,24). The molecule has 8 heteroatoms. The molecule has 2 atom stereocenters. The average Bonchev–Trinajstić information content (AvgIpc) is 3.18. The van der Waals surface area contributed by atoms with E-state index >= 15 is 0 Å². The fraction of sp³-hybridized carbons (Fsp3) is 0.529. The number of aromatic nitrogens is 4. The Morgan fingerprint density at radius 2 is 2.12 bits per heavy atom. The molecule has 1 amide bonds. The first kappa shape index (κ1) is 17.3. The van der Waals surface area contributed by atoms with Crippen LogP contribution in [0, 0.1) is 6.92 Å². The number of aryl methyl sites for hydroxylation is 2. The van der Waals surface area contributed by atoms with E-state index in [1.807, 2.05) is 20.9 Å². The Morgan fingerprint density at radius 1 is 1.40 bits per heavy atom. The van der Waals surface area contributed by atoms with E-state index in [1.165, 1.54) is 0 Å². The maximum atomic E-state index is 12.6. The van der Waals surface area contributed by atoms with Gasteiger partial charge in [-0.1, -0.05) is 0 Å². The molecule has 0 bridgehead atoms. The number of nitrogens with zero attached hydrogens (tertiary/aromatic N) is 5. The number of methoxy groups -OCH3 is 1. The largest absolute Gasteiger partial charge is 0.481 e. The third-order valence-corrected chi connectivity index (χ3v) is 4.71. The van der Waals surface area contributed by atoms with Crippen LogP contribution < -0.4 is 10.1 Å². The summed E-state index contributed by atoms with van der Waals surface area (Å²) in [6.45, 7) is 4.75. The number of carbonyl (C=O) groups is 1. The minimum absolute atomic E-state index is 0.112. The minimum atomic E-state index is -0.305. The number of ether oxygens (including phenoxy) is 1. The van der Waals surface area contributed by atoms with E-state index in [2.05, 4.69) is 25.3 Å². The van der Waals surface area contributed by atoms with Crippen LogP contribution in [0.3, 0.4) is 0 Å². The summed E-state index contributed by atoms with van der Waals surface area (Å²) < 4.78 is 7.30. The zero-order valence-corrected chi connectivity index (χ0v) is 15.1. The fourth-order valence-corrected chi connectivity index (χ4v) is 3.57. The quantitative estimate of drug-likeness (QED) is 0.888. The lowest BCUT2D eigenvalue weighted by atomic mass is 10.0. The van der Waals surface area contributed by atoms with E-state index in [1.54, 1.807) is 30.3 Å². The van der Waals surface area contributed by atoms with Gasteiger partial charge in [0.1, 0.15) is 0 Å². The first-order chi connectivity index (χ1) is 12.0. The summed E-state index contributed by atoms with van der Waals surface area (Å²) in [6.07, 6.45) is 5.22. The van der Waals surface area contributed by atoms with Crippen molar-refractivity contribution in [2.45, 2.75) is 38.8 Å². The number of anilines is 1. The van der Waals surface area contributed by atoms with Crippen molar-refractivity contribution in [1.29, 1.82) is 0 Å². The summed E-state index contributed by atoms with van der Waals surface area (Å²) in [5, 5.41) is 7.26. The number of nitrogens with one attached hydrogen (secondary N) is 1. The van der Waals surface area contributed by atoms with Gasteiger partial charge in [-0.25, -0.2) is 14.6 Å². The van der Waals surface area contributed by atoms with Crippen molar-refractivity contribution in [2.24, 2.45) is 7.05 Å². The predicted octanol–water partition coefficient (Wildman–Crippen LogP) is 1.69. The Hall–Kier alpha value is -2.48. The van der Waals surface area contributed by atoms with Gasteiger partial charge in [0.2, 0.25) is 17.7 Å². The molecule has 8 nitrogen and oxygen atoms in total. The molecule has 2 unspecified atom stereocenters. The van der Waals surface area contributed by atoms with E-state index in [9.17, 15) is 4.79 Å². The molecular formula is C17H24N6O2. The van der Waals surface area contributed by atoms with Gasteiger partial charge in [0.05, 0.1) is 24.4 Å². The highest BCUT2D eigenvalue weighted by atomic mass is 16.5. The van der Waals surface area contributed by atoms with Gasteiger partial charge in [0.25, 0.3) is 0 Å². The van der Waals surface area contributed by atoms with Crippen molar-refractivity contribution in [2.75, 3.05) is 19.0 Å². The second kappa shape index (κ2) is 7.18. The molecule has 1 N–H and O–H groups in total. The van der Waals surface area contributed by atoms with Crippen molar-refractivity contribution < 1.29 is 9.53 Å². The van der Waals surface area contributed by atoms with Crippen LogP contribution in [0.25, 0.3) is 0 Å². The summed E-state index contributed by atoms with van der Waals surface area (Å²) in [4.78, 5) is 22.9. The lowest BCUT2D eigenvalue weighted by Gasteiger charge is -2.29. The molecule has 134 valence electrons. The molecule has 1 fully saturated rings. The molecule has 0 aromatic carbocycles. The van der Waals surface area contributed by atoms with E-state index in [0.717, 1.165) is 36.5 Å². The van der Waals surface area contributed by atoms with Crippen molar-refractivity contribution in [3.63, 3.8) is 0 Å². The maximum absolute atomic E-state index is 12.6. The van der Waals surface area contributed by atoms with E-state index < -0.39 is 0 Å². The molecule has 25 heavy (non-hydrogen) atoms. The van der Waals surface area contributed by atoms with Crippen LogP contribution in [-0.4, -0.2) is 50.3 Å². The summed E-state index contributed by atoms with van der Waals surface area (Å²) in [5.41, 5.74) is 2.01. The third-order valence-electron chi connectivity index (χ3n) is 4.71.